The van der Waals surface area contributed by atoms with Crippen LogP contribution in [-0.2, 0) is 9.53 Å². The summed E-state index contributed by atoms with van der Waals surface area (Å²) in [6.45, 7) is 2.16. The molecule has 4 rings (SSSR count). The minimum Gasteiger partial charge on any atom is -0.472 e. The van der Waals surface area contributed by atoms with Crippen LogP contribution >= 0.6 is 0 Å². The molecule has 1 saturated heterocycles. The number of ether oxygens (including phenoxy) is 2. The van der Waals surface area contributed by atoms with Crippen LogP contribution in [0.3, 0.4) is 0 Å². The molecule has 1 aliphatic heterocycles. The smallest absolute Gasteiger partial charge is 0.472 e. The molecule has 0 radical (unpaired) electrons. The van der Waals surface area contributed by atoms with Crippen molar-refractivity contribution in [3.05, 3.63) is 35.5 Å². The zero-order chi connectivity index (χ0) is 22.0. The molecule has 2 aliphatic rings. The van der Waals surface area contributed by atoms with Crippen LogP contribution < -0.4 is 9.64 Å². The molecule has 0 spiro atoms. The molecule has 8 nitrogen and oxygen atoms in total. The maximum Gasteiger partial charge on any atom is 0.491 e. The Labute approximate surface area is 175 Å². The van der Waals surface area contributed by atoms with E-state index in [1.165, 1.54) is 30.5 Å². The van der Waals surface area contributed by atoms with E-state index in [2.05, 4.69) is 49.3 Å². The van der Waals surface area contributed by atoms with Gasteiger partial charge in [0.1, 0.15) is 6.10 Å². The Bertz CT molecular complexity index is 933. The molecule has 0 bridgehead atoms. The van der Waals surface area contributed by atoms with Gasteiger partial charge in [-0.1, -0.05) is 22.4 Å². The van der Waals surface area contributed by atoms with Crippen LogP contribution in [0.4, 0.5) is 18.9 Å². The SMILES string of the molecule is O=C(OC(=O)C(F)(F)F)c1[nH]nnc1OC1CC(c2ccc(N3CCCCC3)cc2)C1. The van der Waals surface area contributed by atoms with Gasteiger partial charge < -0.3 is 14.4 Å². The van der Waals surface area contributed by atoms with E-state index < -0.39 is 23.8 Å². The van der Waals surface area contributed by atoms with Gasteiger partial charge in [0.05, 0.1) is 0 Å². The molecule has 2 heterocycles. The van der Waals surface area contributed by atoms with E-state index in [1.54, 1.807) is 0 Å². The number of nitrogens with one attached hydrogen (secondary N) is 1. The molecule has 0 unspecified atom stereocenters. The van der Waals surface area contributed by atoms with Gasteiger partial charge in [-0.25, -0.2) is 14.7 Å². The number of anilines is 1. The van der Waals surface area contributed by atoms with Crippen molar-refractivity contribution in [3.63, 3.8) is 0 Å². The lowest BCUT2D eigenvalue weighted by atomic mass is 9.77. The Morgan fingerprint density at radius 3 is 2.39 bits per heavy atom. The maximum atomic E-state index is 12.3. The third-order valence-corrected chi connectivity index (χ3v) is 5.60. The van der Waals surface area contributed by atoms with Gasteiger partial charge in [-0.2, -0.15) is 13.2 Å². The summed E-state index contributed by atoms with van der Waals surface area (Å²) in [4.78, 5) is 25.0. The molecule has 2 fully saturated rings. The van der Waals surface area contributed by atoms with E-state index in [4.69, 9.17) is 4.74 Å². The Balaban J connectivity index is 1.30. The number of piperidine rings is 1. The van der Waals surface area contributed by atoms with E-state index >= 15 is 0 Å². The number of aromatic amines is 1. The van der Waals surface area contributed by atoms with Gasteiger partial charge in [-0.05, 0) is 55.7 Å². The predicted molar refractivity (Wildman–Crippen MR) is 102 cm³/mol. The van der Waals surface area contributed by atoms with Gasteiger partial charge in [-0.3, -0.25) is 0 Å². The Morgan fingerprint density at radius 1 is 1.06 bits per heavy atom. The largest absolute Gasteiger partial charge is 0.491 e. The summed E-state index contributed by atoms with van der Waals surface area (Å²) < 4.78 is 46.1. The molecule has 0 amide bonds. The van der Waals surface area contributed by atoms with E-state index in [9.17, 15) is 22.8 Å². The summed E-state index contributed by atoms with van der Waals surface area (Å²) in [5.74, 6) is -4.18. The van der Waals surface area contributed by atoms with E-state index in [-0.39, 0.29) is 17.9 Å². The Morgan fingerprint density at radius 2 is 1.74 bits per heavy atom. The summed E-state index contributed by atoms with van der Waals surface area (Å²) in [5.41, 5.74) is 1.86. The molecule has 1 aromatic heterocycles. The van der Waals surface area contributed by atoms with Gasteiger partial charge in [0.2, 0.25) is 5.69 Å². The van der Waals surface area contributed by atoms with Crippen LogP contribution in [0.15, 0.2) is 24.3 Å². The average molecular weight is 438 g/mol. The zero-order valence-electron chi connectivity index (χ0n) is 16.5. The van der Waals surface area contributed by atoms with Crippen molar-refractivity contribution in [1.82, 2.24) is 15.4 Å². The standard InChI is InChI=1S/C20H21F3N4O4/c21-20(22,23)19(29)31-18(28)16-17(25-26-24-16)30-15-10-13(11-15)12-4-6-14(7-5-12)27-8-2-1-3-9-27/h4-7,13,15H,1-3,8-11H2,(H,24,25,26). The summed E-state index contributed by atoms with van der Waals surface area (Å²) in [6, 6.07) is 8.45. The third kappa shape index (κ3) is 4.80. The molecular formula is C20H21F3N4O4. The van der Waals surface area contributed by atoms with Crippen molar-refractivity contribution in [2.75, 3.05) is 18.0 Å². The van der Waals surface area contributed by atoms with Crippen molar-refractivity contribution in [3.8, 4) is 5.88 Å². The highest BCUT2D eigenvalue weighted by atomic mass is 19.4. The van der Waals surface area contributed by atoms with Crippen molar-refractivity contribution < 1.29 is 32.2 Å². The Kier molecular flexibility index (Phi) is 5.84. The number of carbonyl (C=O) groups excluding carboxylic acids is 2. The first-order valence-electron chi connectivity index (χ1n) is 10.1. The van der Waals surface area contributed by atoms with Gasteiger partial charge >= 0.3 is 18.1 Å². The molecular weight excluding hydrogens is 417 g/mol. The molecule has 2 aromatic rings. The van der Waals surface area contributed by atoms with Crippen molar-refractivity contribution in [2.24, 2.45) is 0 Å². The van der Waals surface area contributed by atoms with Gasteiger partial charge in [0.25, 0.3) is 5.88 Å². The van der Waals surface area contributed by atoms with E-state index in [0.29, 0.717) is 12.8 Å². The van der Waals surface area contributed by atoms with Crippen LogP contribution in [0.5, 0.6) is 5.88 Å². The number of esters is 2. The normalized spacial score (nSPS) is 21.3. The molecule has 31 heavy (non-hydrogen) atoms. The molecule has 1 N–H and O–H groups in total. The molecule has 1 aromatic carbocycles. The van der Waals surface area contributed by atoms with Crippen LogP contribution in [-0.4, -0.2) is 52.7 Å². The minimum absolute atomic E-state index is 0.273. The zero-order valence-corrected chi connectivity index (χ0v) is 16.5. The molecule has 0 atom stereocenters. The summed E-state index contributed by atoms with van der Waals surface area (Å²) >= 11 is 0. The first-order valence-corrected chi connectivity index (χ1v) is 10.1. The first kappa shape index (κ1) is 21.1. The first-order chi connectivity index (χ1) is 14.8. The molecule has 1 saturated carbocycles. The molecule has 166 valence electrons. The monoisotopic (exact) mass is 438 g/mol. The quantitative estimate of drug-likeness (QED) is 0.565. The number of hydrogen-bond acceptors (Lipinski definition) is 7. The summed E-state index contributed by atoms with van der Waals surface area (Å²) in [7, 11) is 0. The van der Waals surface area contributed by atoms with Gasteiger partial charge in [-0.15, -0.1) is 0 Å². The van der Waals surface area contributed by atoms with Crippen LogP contribution in [0.2, 0.25) is 0 Å². The number of alkyl halides is 3. The lowest BCUT2D eigenvalue weighted by Gasteiger charge is -2.35. The highest BCUT2D eigenvalue weighted by molar-refractivity contribution is 5.98. The topological polar surface area (TPSA) is 97.4 Å². The van der Waals surface area contributed by atoms with Crippen molar-refractivity contribution in [2.45, 2.75) is 50.3 Å². The predicted octanol–water partition coefficient (Wildman–Crippen LogP) is 3.37. The average Bonchev–Trinajstić information content (AvgIpc) is 3.19. The van der Waals surface area contributed by atoms with Crippen LogP contribution in [0, 0.1) is 0 Å². The summed E-state index contributed by atoms with van der Waals surface area (Å²) in [5, 5.41) is 9.03. The highest BCUT2D eigenvalue weighted by Gasteiger charge is 2.43. The number of carbonyl (C=O) groups is 2. The number of nitrogens with zero attached hydrogens (tertiary/aromatic N) is 3. The fraction of sp³-hybridized carbons (Fsp3) is 0.500. The van der Waals surface area contributed by atoms with Crippen molar-refractivity contribution >= 4 is 17.6 Å². The molecule has 11 heteroatoms. The second kappa shape index (κ2) is 8.56. The van der Waals surface area contributed by atoms with Crippen LogP contribution in [0.1, 0.15) is 54.1 Å². The number of aromatic nitrogens is 3. The van der Waals surface area contributed by atoms with Gasteiger partial charge in [0.15, 0.2) is 0 Å². The lowest BCUT2D eigenvalue weighted by molar-refractivity contribution is -0.193. The van der Waals surface area contributed by atoms with E-state index in [0.717, 1.165) is 13.1 Å². The maximum absolute atomic E-state index is 12.3. The summed E-state index contributed by atoms with van der Waals surface area (Å²) in [6.07, 6.45) is -0.535. The number of halogens is 3. The number of benzene rings is 1. The van der Waals surface area contributed by atoms with E-state index in [1.807, 2.05) is 0 Å². The second-order valence-electron chi connectivity index (χ2n) is 7.71. The minimum atomic E-state index is -5.28. The third-order valence-electron chi connectivity index (χ3n) is 5.60. The fourth-order valence-electron chi connectivity index (χ4n) is 3.83. The number of rotatable bonds is 5. The second-order valence-corrected chi connectivity index (χ2v) is 7.71. The Hall–Kier alpha value is -3.11. The van der Waals surface area contributed by atoms with Crippen molar-refractivity contribution in [1.29, 1.82) is 0 Å². The number of H-pyrrole nitrogens is 1. The number of hydrogen-bond donors (Lipinski definition) is 1. The highest BCUT2D eigenvalue weighted by Crippen LogP contribution is 2.40. The van der Waals surface area contributed by atoms with Gasteiger partial charge in [0, 0.05) is 18.8 Å². The van der Waals surface area contributed by atoms with Crippen LogP contribution in [0.25, 0.3) is 0 Å². The fourth-order valence-corrected chi connectivity index (χ4v) is 3.83. The lowest BCUT2D eigenvalue weighted by Crippen LogP contribution is -2.33. The molecule has 1 aliphatic carbocycles.